The number of nitrogens with one attached hydrogen (secondary N) is 2. The standard InChI is InChI=1S/C34H45N3O4/c1-6-7-8-9-10-15-22-37(30(38)24-35-33(40)41-34(3,4)5)31(29-19-14-11-16-25(29)2)32(39)36-28-21-20-26-17-12-13-18-27(26)23-28/h11-14,16-21,23,31H,6-10,15,22,24H2,1-5H3,(H,35,40)(H,36,39). The van der Waals surface area contributed by atoms with Crippen LogP contribution in [0, 0.1) is 6.92 Å². The molecule has 1 unspecified atom stereocenters. The predicted octanol–water partition coefficient (Wildman–Crippen LogP) is 7.54. The molecular weight excluding hydrogens is 514 g/mol. The number of aryl methyl sites for hydroxylation is 1. The van der Waals surface area contributed by atoms with E-state index in [1.54, 1.807) is 25.7 Å². The Bertz CT molecular complexity index is 1310. The van der Waals surface area contributed by atoms with Gasteiger partial charge in [-0.15, -0.1) is 0 Å². The molecule has 0 radical (unpaired) electrons. The molecule has 3 rings (SSSR count). The minimum atomic E-state index is -0.869. The van der Waals surface area contributed by atoms with Crippen molar-refractivity contribution in [2.75, 3.05) is 18.4 Å². The minimum absolute atomic E-state index is 0.267. The number of carbonyl (C=O) groups excluding carboxylic acids is 3. The van der Waals surface area contributed by atoms with Crippen LogP contribution < -0.4 is 10.6 Å². The SMILES string of the molecule is CCCCCCCCN(C(=O)CNC(=O)OC(C)(C)C)C(C(=O)Nc1ccc2ccccc2c1)c1ccccc1C. The molecular formula is C34H45N3O4. The summed E-state index contributed by atoms with van der Waals surface area (Å²) < 4.78 is 5.33. The quantitative estimate of drug-likeness (QED) is 0.212. The second-order valence-corrected chi connectivity index (χ2v) is 11.5. The van der Waals surface area contributed by atoms with E-state index in [9.17, 15) is 14.4 Å². The van der Waals surface area contributed by atoms with Gasteiger partial charge in [-0.25, -0.2) is 4.79 Å². The highest BCUT2D eigenvalue weighted by Crippen LogP contribution is 2.28. The molecule has 0 aromatic heterocycles. The topological polar surface area (TPSA) is 87.7 Å². The number of fused-ring (bicyclic) bond motifs is 1. The van der Waals surface area contributed by atoms with E-state index in [4.69, 9.17) is 4.74 Å². The molecule has 3 aromatic carbocycles. The van der Waals surface area contributed by atoms with Gasteiger partial charge in [-0.2, -0.15) is 0 Å². The van der Waals surface area contributed by atoms with E-state index in [1.807, 2.05) is 73.7 Å². The molecule has 7 heteroatoms. The maximum atomic E-state index is 14.0. The fraction of sp³-hybridized carbons (Fsp3) is 0.441. The highest BCUT2D eigenvalue weighted by atomic mass is 16.6. The fourth-order valence-corrected chi connectivity index (χ4v) is 4.85. The molecule has 3 amide bonds. The number of hydrogen-bond acceptors (Lipinski definition) is 4. The summed E-state index contributed by atoms with van der Waals surface area (Å²) in [4.78, 5) is 41.7. The van der Waals surface area contributed by atoms with Gasteiger partial charge in [0, 0.05) is 12.2 Å². The smallest absolute Gasteiger partial charge is 0.408 e. The zero-order valence-corrected chi connectivity index (χ0v) is 25.2. The van der Waals surface area contributed by atoms with Crippen molar-refractivity contribution in [1.82, 2.24) is 10.2 Å². The first-order valence-electron chi connectivity index (χ1n) is 14.7. The van der Waals surface area contributed by atoms with E-state index in [0.717, 1.165) is 54.0 Å². The number of unbranched alkanes of at least 4 members (excludes halogenated alkanes) is 5. The van der Waals surface area contributed by atoms with E-state index >= 15 is 0 Å². The van der Waals surface area contributed by atoms with Crippen LogP contribution in [0.3, 0.4) is 0 Å². The van der Waals surface area contributed by atoms with Gasteiger partial charge in [-0.1, -0.05) is 93.6 Å². The summed E-state index contributed by atoms with van der Waals surface area (Å²) in [5, 5.41) is 7.74. The first-order chi connectivity index (χ1) is 19.6. The fourth-order valence-electron chi connectivity index (χ4n) is 4.85. The molecule has 0 aliphatic carbocycles. The molecule has 220 valence electrons. The van der Waals surface area contributed by atoms with Gasteiger partial charge >= 0.3 is 6.09 Å². The van der Waals surface area contributed by atoms with Crippen molar-refractivity contribution >= 4 is 34.4 Å². The molecule has 1 atom stereocenters. The lowest BCUT2D eigenvalue weighted by Crippen LogP contribution is -2.47. The Kier molecular flexibility index (Phi) is 11.7. The number of nitrogens with zero attached hydrogens (tertiary/aromatic N) is 1. The Hall–Kier alpha value is -3.87. The molecule has 2 N–H and O–H groups in total. The highest BCUT2D eigenvalue weighted by Gasteiger charge is 2.32. The molecule has 0 aliphatic heterocycles. The summed E-state index contributed by atoms with van der Waals surface area (Å²) in [5.41, 5.74) is 1.63. The van der Waals surface area contributed by atoms with Crippen LogP contribution in [0.5, 0.6) is 0 Å². The summed E-state index contributed by atoms with van der Waals surface area (Å²) in [6.45, 7) is 9.55. The van der Waals surface area contributed by atoms with Gasteiger partial charge in [0.2, 0.25) is 5.91 Å². The van der Waals surface area contributed by atoms with Crippen LogP contribution in [-0.2, 0) is 14.3 Å². The van der Waals surface area contributed by atoms with Crippen molar-refractivity contribution in [3.8, 4) is 0 Å². The number of amides is 3. The molecule has 0 heterocycles. The van der Waals surface area contributed by atoms with Crippen LogP contribution in [0.2, 0.25) is 0 Å². The summed E-state index contributed by atoms with van der Waals surface area (Å²) >= 11 is 0. The predicted molar refractivity (Wildman–Crippen MR) is 166 cm³/mol. The van der Waals surface area contributed by atoms with Gasteiger partial charge in [0.25, 0.3) is 5.91 Å². The first kappa shape index (κ1) is 31.7. The summed E-state index contributed by atoms with van der Waals surface area (Å²) in [6, 6.07) is 20.5. The maximum absolute atomic E-state index is 14.0. The lowest BCUT2D eigenvalue weighted by molar-refractivity contribution is -0.138. The van der Waals surface area contributed by atoms with Gasteiger partial charge in [-0.05, 0) is 68.1 Å². The van der Waals surface area contributed by atoms with E-state index in [2.05, 4.69) is 17.6 Å². The molecule has 0 saturated heterocycles. The minimum Gasteiger partial charge on any atom is -0.444 e. The summed E-state index contributed by atoms with van der Waals surface area (Å²) in [7, 11) is 0. The number of rotatable bonds is 13. The Morgan fingerprint density at radius 2 is 1.51 bits per heavy atom. The number of ether oxygens (including phenoxy) is 1. The van der Waals surface area contributed by atoms with Gasteiger partial charge in [0.15, 0.2) is 0 Å². The molecule has 7 nitrogen and oxygen atoms in total. The second-order valence-electron chi connectivity index (χ2n) is 11.5. The van der Waals surface area contributed by atoms with E-state index in [0.29, 0.717) is 12.2 Å². The molecule has 0 aliphatic rings. The number of hydrogen-bond donors (Lipinski definition) is 2. The maximum Gasteiger partial charge on any atom is 0.408 e. The molecule has 3 aromatic rings. The van der Waals surface area contributed by atoms with Crippen molar-refractivity contribution in [2.45, 2.75) is 84.8 Å². The zero-order chi connectivity index (χ0) is 29.8. The van der Waals surface area contributed by atoms with E-state index in [-0.39, 0.29) is 18.4 Å². The van der Waals surface area contributed by atoms with Crippen LogP contribution in [0.15, 0.2) is 66.7 Å². The van der Waals surface area contributed by atoms with Crippen molar-refractivity contribution in [1.29, 1.82) is 0 Å². The number of benzene rings is 3. The van der Waals surface area contributed by atoms with Gasteiger partial charge in [0.1, 0.15) is 18.2 Å². The van der Waals surface area contributed by atoms with Gasteiger partial charge < -0.3 is 20.3 Å². The Morgan fingerprint density at radius 3 is 2.22 bits per heavy atom. The number of carbonyl (C=O) groups is 3. The number of alkyl carbamates (subject to hydrolysis) is 1. The van der Waals surface area contributed by atoms with Gasteiger partial charge in [-0.3, -0.25) is 9.59 Å². The van der Waals surface area contributed by atoms with Crippen molar-refractivity contribution in [3.05, 3.63) is 77.9 Å². The molecule has 0 spiro atoms. The first-order valence-corrected chi connectivity index (χ1v) is 14.7. The van der Waals surface area contributed by atoms with Crippen LogP contribution >= 0.6 is 0 Å². The molecule has 0 bridgehead atoms. The highest BCUT2D eigenvalue weighted by molar-refractivity contribution is 6.00. The normalized spacial score (nSPS) is 12.0. The van der Waals surface area contributed by atoms with E-state index < -0.39 is 17.7 Å². The molecule has 41 heavy (non-hydrogen) atoms. The van der Waals surface area contributed by atoms with Crippen molar-refractivity contribution in [2.24, 2.45) is 0 Å². The van der Waals surface area contributed by atoms with Gasteiger partial charge in [0.05, 0.1) is 0 Å². The van der Waals surface area contributed by atoms with Crippen LogP contribution in [-0.4, -0.2) is 41.5 Å². The molecule has 0 saturated carbocycles. The van der Waals surface area contributed by atoms with E-state index in [1.165, 1.54) is 6.42 Å². The Balaban J connectivity index is 1.89. The van der Waals surface area contributed by atoms with Crippen LogP contribution in [0.1, 0.15) is 83.4 Å². The average Bonchev–Trinajstić information content (AvgIpc) is 2.92. The summed E-state index contributed by atoms with van der Waals surface area (Å²) in [5.74, 6) is -0.641. The average molecular weight is 560 g/mol. The van der Waals surface area contributed by atoms with Crippen LogP contribution in [0.25, 0.3) is 10.8 Å². The summed E-state index contributed by atoms with van der Waals surface area (Å²) in [6.07, 6.45) is 5.61. The van der Waals surface area contributed by atoms with Crippen molar-refractivity contribution in [3.63, 3.8) is 0 Å². The Morgan fingerprint density at radius 1 is 0.854 bits per heavy atom. The zero-order valence-electron chi connectivity index (χ0n) is 25.2. The number of anilines is 1. The molecule has 0 fully saturated rings. The largest absolute Gasteiger partial charge is 0.444 e. The third-order valence-corrected chi connectivity index (χ3v) is 6.92. The second kappa shape index (κ2) is 15.2. The third kappa shape index (κ3) is 9.92. The lowest BCUT2D eigenvalue weighted by Gasteiger charge is -2.32. The van der Waals surface area contributed by atoms with Crippen LogP contribution in [0.4, 0.5) is 10.5 Å². The van der Waals surface area contributed by atoms with Crippen molar-refractivity contribution < 1.29 is 19.1 Å². The third-order valence-electron chi connectivity index (χ3n) is 6.92. The monoisotopic (exact) mass is 559 g/mol. The lowest BCUT2D eigenvalue weighted by atomic mass is 9.98. The Labute approximate surface area is 244 Å².